The van der Waals surface area contributed by atoms with Gasteiger partial charge in [-0.1, -0.05) is 104 Å². The Morgan fingerprint density at radius 1 is 0.500 bits per heavy atom. The summed E-state index contributed by atoms with van der Waals surface area (Å²) in [6.07, 6.45) is 23.4. The first-order valence-electron chi connectivity index (χ1n) is 12.6. The molecule has 0 spiro atoms. The SMILES string of the molecule is CCCCCCCCCCCCc1c(O)ccc(CCCC)c1CCCCC. The highest BCUT2D eigenvalue weighted by molar-refractivity contribution is 5.45. The number of hydrogen-bond acceptors (Lipinski definition) is 1. The predicted octanol–water partition coefficient (Wildman–Crippen LogP) is 8.93. The van der Waals surface area contributed by atoms with E-state index in [-0.39, 0.29) is 0 Å². The average Bonchev–Trinajstić information content (AvgIpc) is 2.70. The first-order chi connectivity index (χ1) is 13.7. The van der Waals surface area contributed by atoms with Crippen LogP contribution in [-0.4, -0.2) is 5.11 Å². The monoisotopic (exact) mass is 388 g/mol. The third kappa shape index (κ3) is 10.5. The zero-order valence-electron chi connectivity index (χ0n) is 19.3. The van der Waals surface area contributed by atoms with Crippen molar-refractivity contribution in [2.24, 2.45) is 0 Å². The van der Waals surface area contributed by atoms with Crippen molar-refractivity contribution in [1.29, 1.82) is 0 Å². The van der Waals surface area contributed by atoms with Gasteiger partial charge in [0, 0.05) is 0 Å². The van der Waals surface area contributed by atoms with Crippen molar-refractivity contribution < 1.29 is 5.11 Å². The second-order valence-corrected chi connectivity index (χ2v) is 8.69. The Balaban J connectivity index is 2.46. The van der Waals surface area contributed by atoms with Gasteiger partial charge in [0.15, 0.2) is 0 Å². The fourth-order valence-corrected chi connectivity index (χ4v) is 4.26. The van der Waals surface area contributed by atoms with Crippen molar-refractivity contribution in [2.45, 2.75) is 136 Å². The van der Waals surface area contributed by atoms with E-state index in [9.17, 15) is 5.11 Å². The summed E-state index contributed by atoms with van der Waals surface area (Å²) in [5, 5.41) is 10.5. The Bertz CT molecular complexity index is 491. The average molecular weight is 389 g/mol. The van der Waals surface area contributed by atoms with E-state index in [1.165, 1.54) is 119 Å². The Hall–Kier alpha value is -0.980. The Kier molecular flexibility index (Phi) is 15.1. The smallest absolute Gasteiger partial charge is 0.119 e. The molecule has 1 heteroatoms. The molecule has 1 nitrogen and oxygen atoms in total. The van der Waals surface area contributed by atoms with Crippen LogP contribution in [0.25, 0.3) is 0 Å². The van der Waals surface area contributed by atoms with Crippen LogP contribution in [0.3, 0.4) is 0 Å². The largest absolute Gasteiger partial charge is 0.508 e. The van der Waals surface area contributed by atoms with Crippen LogP contribution in [0.2, 0.25) is 0 Å². The molecule has 1 aromatic rings. The van der Waals surface area contributed by atoms with E-state index in [1.807, 2.05) is 6.07 Å². The lowest BCUT2D eigenvalue weighted by Crippen LogP contribution is -2.02. The molecule has 0 saturated heterocycles. The second-order valence-electron chi connectivity index (χ2n) is 8.69. The molecule has 0 bridgehead atoms. The van der Waals surface area contributed by atoms with Gasteiger partial charge < -0.3 is 5.11 Å². The maximum Gasteiger partial charge on any atom is 0.119 e. The number of aromatic hydroxyl groups is 1. The van der Waals surface area contributed by atoms with Gasteiger partial charge in [-0.2, -0.15) is 0 Å². The predicted molar refractivity (Wildman–Crippen MR) is 125 cm³/mol. The third-order valence-corrected chi connectivity index (χ3v) is 6.11. The van der Waals surface area contributed by atoms with E-state index in [0.29, 0.717) is 5.75 Å². The van der Waals surface area contributed by atoms with Crippen LogP contribution in [0.15, 0.2) is 12.1 Å². The first-order valence-corrected chi connectivity index (χ1v) is 12.6. The highest BCUT2D eigenvalue weighted by Gasteiger charge is 2.12. The highest BCUT2D eigenvalue weighted by atomic mass is 16.3. The van der Waals surface area contributed by atoms with Crippen LogP contribution in [0.5, 0.6) is 5.75 Å². The van der Waals surface area contributed by atoms with Crippen LogP contribution in [0, 0.1) is 0 Å². The summed E-state index contributed by atoms with van der Waals surface area (Å²) in [6, 6.07) is 4.15. The van der Waals surface area contributed by atoms with Gasteiger partial charge in [0.2, 0.25) is 0 Å². The van der Waals surface area contributed by atoms with Crippen molar-refractivity contribution in [3.05, 3.63) is 28.8 Å². The van der Waals surface area contributed by atoms with Crippen LogP contribution in [0.1, 0.15) is 134 Å². The van der Waals surface area contributed by atoms with Crippen LogP contribution in [-0.2, 0) is 19.3 Å². The molecule has 1 aromatic carbocycles. The first kappa shape index (κ1) is 25.1. The van der Waals surface area contributed by atoms with E-state index in [0.717, 1.165) is 12.8 Å². The van der Waals surface area contributed by atoms with Gasteiger partial charge in [0.1, 0.15) is 5.75 Å². The molecule has 1 rings (SSSR count). The molecule has 28 heavy (non-hydrogen) atoms. The molecule has 0 atom stereocenters. The number of unbranched alkanes of at least 4 members (excludes halogenated alkanes) is 12. The van der Waals surface area contributed by atoms with Gasteiger partial charge in [-0.05, 0) is 61.3 Å². The molecule has 0 unspecified atom stereocenters. The summed E-state index contributed by atoms with van der Waals surface area (Å²) in [4.78, 5) is 0. The summed E-state index contributed by atoms with van der Waals surface area (Å²) in [5.41, 5.74) is 4.25. The molecule has 0 aliphatic heterocycles. The Morgan fingerprint density at radius 3 is 1.57 bits per heavy atom. The van der Waals surface area contributed by atoms with Crippen molar-refractivity contribution >= 4 is 0 Å². The topological polar surface area (TPSA) is 20.2 Å². The zero-order valence-corrected chi connectivity index (χ0v) is 19.3. The van der Waals surface area contributed by atoms with Gasteiger partial charge in [-0.3, -0.25) is 0 Å². The number of rotatable bonds is 18. The molecule has 0 heterocycles. The number of phenolic OH excluding ortho intramolecular Hbond substituents is 1. The lowest BCUT2D eigenvalue weighted by atomic mass is 9.90. The number of hydrogen-bond donors (Lipinski definition) is 1. The maximum atomic E-state index is 10.5. The van der Waals surface area contributed by atoms with Gasteiger partial charge in [-0.15, -0.1) is 0 Å². The summed E-state index contributed by atoms with van der Waals surface area (Å²) >= 11 is 0. The molecule has 0 radical (unpaired) electrons. The molecule has 0 aromatic heterocycles. The third-order valence-electron chi connectivity index (χ3n) is 6.11. The Labute approximate surface area is 176 Å². The van der Waals surface area contributed by atoms with Crippen molar-refractivity contribution in [3.8, 4) is 5.75 Å². The molecule has 1 N–H and O–H groups in total. The molecule has 0 aliphatic rings. The minimum absolute atomic E-state index is 0.544. The van der Waals surface area contributed by atoms with E-state index in [1.54, 1.807) is 0 Å². The molecule has 0 amide bonds. The van der Waals surface area contributed by atoms with E-state index >= 15 is 0 Å². The van der Waals surface area contributed by atoms with Gasteiger partial charge >= 0.3 is 0 Å². The van der Waals surface area contributed by atoms with Gasteiger partial charge in [0.25, 0.3) is 0 Å². The molecule has 0 saturated carbocycles. The summed E-state index contributed by atoms with van der Waals surface area (Å²) in [5.74, 6) is 0.544. The van der Waals surface area contributed by atoms with Crippen LogP contribution >= 0.6 is 0 Å². The lowest BCUT2D eigenvalue weighted by Gasteiger charge is -2.17. The van der Waals surface area contributed by atoms with E-state index in [4.69, 9.17) is 0 Å². The lowest BCUT2D eigenvalue weighted by molar-refractivity contribution is 0.463. The minimum atomic E-state index is 0.544. The fourth-order valence-electron chi connectivity index (χ4n) is 4.26. The molecular weight excluding hydrogens is 340 g/mol. The van der Waals surface area contributed by atoms with Crippen LogP contribution in [0.4, 0.5) is 0 Å². The second kappa shape index (κ2) is 16.9. The highest BCUT2D eigenvalue weighted by Crippen LogP contribution is 2.29. The maximum absolute atomic E-state index is 10.5. The molecule has 0 fully saturated rings. The van der Waals surface area contributed by atoms with Gasteiger partial charge in [-0.25, -0.2) is 0 Å². The van der Waals surface area contributed by atoms with Crippen molar-refractivity contribution in [3.63, 3.8) is 0 Å². The summed E-state index contributed by atoms with van der Waals surface area (Å²) in [6.45, 7) is 6.82. The van der Waals surface area contributed by atoms with Crippen molar-refractivity contribution in [1.82, 2.24) is 0 Å². The molecular formula is C27H48O. The summed E-state index contributed by atoms with van der Waals surface area (Å²) in [7, 11) is 0. The molecule has 0 aliphatic carbocycles. The summed E-state index contributed by atoms with van der Waals surface area (Å²) < 4.78 is 0. The van der Waals surface area contributed by atoms with E-state index < -0.39 is 0 Å². The molecule has 162 valence electrons. The normalized spacial score (nSPS) is 11.2. The number of phenols is 1. The number of aryl methyl sites for hydroxylation is 1. The standard InChI is InChI=1S/C27H48O/c1-4-7-10-11-12-13-14-15-16-18-21-26-25(20-17-8-5-2)24(19-9-6-3)22-23-27(26)28/h22-23,28H,4-21H2,1-3H3. The quantitative estimate of drug-likeness (QED) is 0.249. The van der Waals surface area contributed by atoms with Gasteiger partial charge in [0.05, 0.1) is 0 Å². The number of benzene rings is 1. The van der Waals surface area contributed by atoms with Crippen molar-refractivity contribution in [2.75, 3.05) is 0 Å². The minimum Gasteiger partial charge on any atom is -0.508 e. The Morgan fingerprint density at radius 2 is 0.964 bits per heavy atom. The fraction of sp³-hybridized carbons (Fsp3) is 0.778. The van der Waals surface area contributed by atoms with E-state index in [2.05, 4.69) is 26.8 Å². The zero-order chi connectivity index (χ0) is 20.5. The van der Waals surface area contributed by atoms with Crippen LogP contribution < -0.4 is 0 Å².